The van der Waals surface area contributed by atoms with Crippen LogP contribution in [0.5, 0.6) is 11.8 Å². The number of ether oxygens (including phenoxy) is 2. The monoisotopic (exact) mass is 340 g/mol. The first-order valence-corrected chi connectivity index (χ1v) is 8.12. The van der Waals surface area contributed by atoms with Crippen LogP contribution in [0.3, 0.4) is 0 Å². The summed E-state index contributed by atoms with van der Waals surface area (Å²) in [4.78, 5) is 22.4. The maximum Gasteiger partial charge on any atom is 0.261 e. The van der Waals surface area contributed by atoms with Gasteiger partial charge in [-0.05, 0) is 0 Å². The molecule has 1 unspecified atom stereocenters. The van der Waals surface area contributed by atoms with Crippen LogP contribution in [0.15, 0.2) is 18.6 Å². The Morgan fingerprint density at radius 3 is 3.12 bits per heavy atom. The first kappa shape index (κ1) is 15.4. The Labute approximate surface area is 143 Å². The zero-order chi connectivity index (χ0) is 17.2. The fourth-order valence-corrected chi connectivity index (χ4v) is 3.04. The number of fused-ring (bicyclic) bond motifs is 1. The summed E-state index contributed by atoms with van der Waals surface area (Å²) in [5.74, 6) is 0.630. The SMILES string of the molecule is N#Cc1nccnc1OC1CCN(C(=O)c2cnn3c2OCCC3)C1. The van der Waals surface area contributed by atoms with Crippen molar-refractivity contribution in [1.82, 2.24) is 24.6 Å². The van der Waals surface area contributed by atoms with Crippen LogP contribution in [0.1, 0.15) is 28.9 Å². The predicted molar refractivity (Wildman–Crippen MR) is 84.0 cm³/mol. The van der Waals surface area contributed by atoms with Crippen LogP contribution in [-0.2, 0) is 6.54 Å². The lowest BCUT2D eigenvalue weighted by molar-refractivity contribution is 0.0764. The number of nitriles is 1. The molecular formula is C16H16N6O3. The average Bonchev–Trinajstić information content (AvgIpc) is 3.28. The number of hydrogen-bond acceptors (Lipinski definition) is 7. The second kappa shape index (κ2) is 6.39. The van der Waals surface area contributed by atoms with E-state index in [0.717, 1.165) is 13.0 Å². The van der Waals surface area contributed by atoms with Crippen molar-refractivity contribution in [3.05, 3.63) is 29.8 Å². The van der Waals surface area contributed by atoms with Crippen molar-refractivity contribution in [2.24, 2.45) is 0 Å². The summed E-state index contributed by atoms with van der Waals surface area (Å²) in [6.07, 6.45) is 5.82. The summed E-state index contributed by atoms with van der Waals surface area (Å²) in [5, 5.41) is 13.3. The number of hydrogen-bond donors (Lipinski definition) is 0. The third kappa shape index (κ3) is 2.87. The van der Waals surface area contributed by atoms with Crippen LogP contribution < -0.4 is 9.47 Å². The lowest BCUT2D eigenvalue weighted by Gasteiger charge is -2.19. The van der Waals surface area contributed by atoms with E-state index in [-0.39, 0.29) is 23.6 Å². The molecule has 25 heavy (non-hydrogen) atoms. The van der Waals surface area contributed by atoms with Crippen molar-refractivity contribution in [3.8, 4) is 17.8 Å². The summed E-state index contributed by atoms with van der Waals surface area (Å²) < 4.78 is 13.1. The molecule has 0 bridgehead atoms. The number of carbonyl (C=O) groups is 1. The van der Waals surface area contributed by atoms with Gasteiger partial charge in [-0.3, -0.25) is 4.79 Å². The summed E-state index contributed by atoms with van der Waals surface area (Å²) >= 11 is 0. The molecule has 2 aliphatic heterocycles. The van der Waals surface area contributed by atoms with E-state index < -0.39 is 0 Å². The van der Waals surface area contributed by atoms with Crippen LogP contribution in [-0.4, -0.2) is 56.4 Å². The third-order valence-electron chi connectivity index (χ3n) is 4.26. The Balaban J connectivity index is 1.45. The molecule has 0 saturated carbocycles. The molecule has 2 aliphatic rings. The van der Waals surface area contributed by atoms with Crippen molar-refractivity contribution in [3.63, 3.8) is 0 Å². The van der Waals surface area contributed by atoms with Gasteiger partial charge in [0.2, 0.25) is 11.6 Å². The Hall–Kier alpha value is -3.15. The predicted octanol–water partition coefficient (Wildman–Crippen LogP) is 0.621. The van der Waals surface area contributed by atoms with Gasteiger partial charge in [0.05, 0.1) is 19.3 Å². The van der Waals surface area contributed by atoms with Crippen LogP contribution in [0, 0.1) is 11.3 Å². The van der Waals surface area contributed by atoms with E-state index in [1.807, 2.05) is 6.07 Å². The molecule has 0 radical (unpaired) electrons. The van der Waals surface area contributed by atoms with Crippen LogP contribution in [0.4, 0.5) is 0 Å². The second-order valence-electron chi connectivity index (χ2n) is 5.89. The van der Waals surface area contributed by atoms with Crippen molar-refractivity contribution in [2.45, 2.75) is 25.5 Å². The highest BCUT2D eigenvalue weighted by molar-refractivity contribution is 5.96. The summed E-state index contributed by atoms with van der Waals surface area (Å²) in [6, 6.07) is 1.95. The van der Waals surface area contributed by atoms with Gasteiger partial charge in [-0.25, -0.2) is 14.6 Å². The molecule has 1 atom stereocenters. The maximum absolute atomic E-state index is 12.8. The number of nitrogens with zero attached hydrogens (tertiary/aromatic N) is 6. The fourth-order valence-electron chi connectivity index (χ4n) is 3.04. The molecule has 9 heteroatoms. The Bertz CT molecular complexity index is 843. The molecule has 0 N–H and O–H groups in total. The molecule has 0 spiro atoms. The van der Waals surface area contributed by atoms with E-state index in [4.69, 9.17) is 14.7 Å². The summed E-state index contributed by atoms with van der Waals surface area (Å²) in [6.45, 7) is 2.35. The molecule has 128 valence electrons. The first-order valence-electron chi connectivity index (χ1n) is 8.12. The summed E-state index contributed by atoms with van der Waals surface area (Å²) in [5.41, 5.74) is 0.629. The topological polar surface area (TPSA) is 106 Å². The van der Waals surface area contributed by atoms with Crippen molar-refractivity contribution < 1.29 is 14.3 Å². The van der Waals surface area contributed by atoms with E-state index in [9.17, 15) is 4.79 Å². The van der Waals surface area contributed by atoms with Crippen LogP contribution in [0.2, 0.25) is 0 Å². The first-order chi connectivity index (χ1) is 12.3. The fraction of sp³-hybridized carbons (Fsp3) is 0.438. The van der Waals surface area contributed by atoms with Crippen molar-refractivity contribution in [2.75, 3.05) is 19.7 Å². The van der Waals surface area contributed by atoms with Crippen LogP contribution in [0.25, 0.3) is 0 Å². The Kier molecular flexibility index (Phi) is 3.93. The lowest BCUT2D eigenvalue weighted by Crippen LogP contribution is -2.31. The number of rotatable bonds is 3. The third-order valence-corrected chi connectivity index (χ3v) is 4.26. The van der Waals surface area contributed by atoms with E-state index in [1.54, 1.807) is 15.8 Å². The number of amides is 1. The zero-order valence-electron chi connectivity index (χ0n) is 13.5. The molecule has 4 heterocycles. The molecule has 1 fully saturated rings. The average molecular weight is 340 g/mol. The van der Waals surface area contributed by atoms with Crippen molar-refractivity contribution in [1.29, 1.82) is 5.26 Å². The van der Waals surface area contributed by atoms with Gasteiger partial charge >= 0.3 is 0 Å². The Morgan fingerprint density at radius 2 is 2.24 bits per heavy atom. The van der Waals surface area contributed by atoms with Gasteiger partial charge in [-0.2, -0.15) is 10.4 Å². The minimum atomic E-state index is -0.222. The molecule has 2 aromatic rings. The lowest BCUT2D eigenvalue weighted by atomic mass is 10.3. The Morgan fingerprint density at radius 1 is 1.36 bits per heavy atom. The highest BCUT2D eigenvalue weighted by atomic mass is 16.5. The van der Waals surface area contributed by atoms with Gasteiger partial charge < -0.3 is 14.4 Å². The largest absolute Gasteiger partial charge is 0.477 e. The molecule has 0 aromatic carbocycles. The van der Waals surface area contributed by atoms with Crippen LogP contribution >= 0.6 is 0 Å². The highest BCUT2D eigenvalue weighted by Gasteiger charge is 2.32. The zero-order valence-corrected chi connectivity index (χ0v) is 13.5. The van der Waals surface area contributed by atoms with Gasteiger partial charge in [0.25, 0.3) is 11.8 Å². The van der Waals surface area contributed by atoms with Crippen molar-refractivity contribution >= 4 is 5.91 Å². The van der Waals surface area contributed by atoms with Gasteiger partial charge in [-0.15, -0.1) is 0 Å². The standard InChI is InChI=1S/C16H16N6O3/c17-8-13-14(19-4-3-18-13)25-11-2-6-21(10-11)15(23)12-9-20-22-5-1-7-24-16(12)22/h3-4,9,11H,1-2,5-7,10H2. The molecule has 1 amide bonds. The smallest absolute Gasteiger partial charge is 0.261 e. The molecule has 4 rings (SSSR count). The normalized spacial score (nSPS) is 19.0. The number of aryl methyl sites for hydroxylation is 1. The number of aromatic nitrogens is 4. The van der Waals surface area contributed by atoms with E-state index in [1.165, 1.54) is 12.4 Å². The van der Waals surface area contributed by atoms with Gasteiger partial charge in [0.1, 0.15) is 17.7 Å². The van der Waals surface area contributed by atoms with Gasteiger partial charge in [0, 0.05) is 38.3 Å². The summed E-state index contributed by atoms with van der Waals surface area (Å²) in [7, 11) is 0. The molecule has 1 saturated heterocycles. The quantitative estimate of drug-likeness (QED) is 0.806. The number of carbonyl (C=O) groups excluding carboxylic acids is 1. The molecule has 0 aliphatic carbocycles. The highest BCUT2D eigenvalue weighted by Crippen LogP contribution is 2.26. The maximum atomic E-state index is 12.8. The minimum Gasteiger partial charge on any atom is -0.477 e. The molecule has 9 nitrogen and oxygen atoms in total. The van der Waals surface area contributed by atoms with E-state index in [2.05, 4.69) is 15.1 Å². The second-order valence-corrected chi connectivity index (χ2v) is 5.89. The van der Waals surface area contributed by atoms with Gasteiger partial charge in [-0.1, -0.05) is 0 Å². The number of likely N-dealkylation sites (tertiary alicyclic amines) is 1. The van der Waals surface area contributed by atoms with Gasteiger partial charge in [0.15, 0.2) is 0 Å². The minimum absolute atomic E-state index is 0.117. The van der Waals surface area contributed by atoms with E-state index in [0.29, 0.717) is 37.6 Å². The molecule has 2 aromatic heterocycles. The molecular weight excluding hydrogens is 324 g/mol. The van der Waals surface area contributed by atoms with E-state index >= 15 is 0 Å².